The van der Waals surface area contributed by atoms with E-state index in [0.717, 1.165) is 6.61 Å². The Hall–Kier alpha value is 0.130. The molecule has 0 aromatic heterocycles. The number of hydrogen-bond donors (Lipinski definition) is 3. The fourth-order valence-electron chi connectivity index (χ4n) is 0.222. The van der Waals surface area contributed by atoms with Gasteiger partial charge in [-0.1, -0.05) is 0 Å². The van der Waals surface area contributed by atoms with Crippen molar-refractivity contribution in [2.45, 2.75) is 12.2 Å². The summed E-state index contributed by atoms with van der Waals surface area (Å²) in [6.07, 6.45) is -0.554. The van der Waals surface area contributed by atoms with Gasteiger partial charge < -0.3 is 20.1 Å². The molecule has 4 nitrogen and oxygen atoms in total. The van der Waals surface area contributed by atoms with Crippen LogP contribution in [-0.4, -0.2) is 53.2 Å². The van der Waals surface area contributed by atoms with E-state index in [1.54, 1.807) is 0 Å². The molecule has 0 amide bonds. The molecule has 5 heteroatoms. The molecule has 0 bridgehead atoms. The van der Waals surface area contributed by atoms with E-state index in [1.807, 2.05) is 0 Å². The van der Waals surface area contributed by atoms with Crippen molar-refractivity contribution in [1.82, 2.24) is 0 Å². The molecular formula is C6H13ClO4. The summed E-state index contributed by atoms with van der Waals surface area (Å²) in [5.74, 6) is 0.108. The first-order chi connectivity index (χ1) is 5.24. The van der Waals surface area contributed by atoms with Crippen LogP contribution in [0.15, 0.2) is 0 Å². The lowest BCUT2D eigenvalue weighted by molar-refractivity contribution is 0.112. The van der Waals surface area contributed by atoms with Crippen molar-refractivity contribution in [1.29, 1.82) is 0 Å². The highest BCUT2D eigenvalue weighted by atomic mass is 35.5. The van der Waals surface area contributed by atoms with Crippen LogP contribution in [0.2, 0.25) is 0 Å². The average Bonchev–Trinajstić information content (AvgIpc) is 2.86. The van der Waals surface area contributed by atoms with Gasteiger partial charge >= 0.3 is 0 Å². The largest absolute Gasteiger partial charge is 0.394 e. The monoisotopic (exact) mass is 184 g/mol. The van der Waals surface area contributed by atoms with E-state index in [9.17, 15) is 0 Å². The number of epoxide rings is 1. The van der Waals surface area contributed by atoms with E-state index >= 15 is 0 Å². The summed E-state index contributed by atoms with van der Waals surface area (Å²) in [5, 5.41) is 24.4. The molecule has 2 atom stereocenters. The summed E-state index contributed by atoms with van der Waals surface area (Å²) in [6.45, 7) is 0.708. The smallest absolute Gasteiger partial charge is 0.104 e. The van der Waals surface area contributed by atoms with Crippen LogP contribution < -0.4 is 0 Å². The molecule has 2 unspecified atom stereocenters. The maximum absolute atomic E-state index is 8.28. The van der Waals surface area contributed by atoms with Crippen LogP contribution in [0.1, 0.15) is 0 Å². The highest BCUT2D eigenvalue weighted by Gasteiger charge is 2.19. The Balaban J connectivity index is 0.000000183. The fraction of sp³-hybridized carbons (Fsp3) is 1.00. The quantitative estimate of drug-likeness (QED) is 0.387. The molecule has 0 radical (unpaired) electrons. The van der Waals surface area contributed by atoms with Crippen molar-refractivity contribution < 1.29 is 20.1 Å². The Morgan fingerprint density at radius 1 is 1.55 bits per heavy atom. The van der Waals surface area contributed by atoms with Gasteiger partial charge in [-0.2, -0.15) is 0 Å². The Morgan fingerprint density at radius 2 is 2.09 bits per heavy atom. The van der Waals surface area contributed by atoms with Gasteiger partial charge in [0.2, 0.25) is 0 Å². The van der Waals surface area contributed by atoms with Crippen molar-refractivity contribution in [2.24, 2.45) is 0 Å². The standard InChI is InChI=1S/C3H7ClO2.C3H6O2/c4-1-3(6)2-5;4-1-3-2-5-3/h3,5-6H,1-2H2;3-4H,1-2H2. The number of hydrogen-bond acceptors (Lipinski definition) is 4. The molecule has 0 saturated carbocycles. The molecule has 11 heavy (non-hydrogen) atoms. The van der Waals surface area contributed by atoms with Gasteiger partial charge in [0, 0.05) is 0 Å². The molecule has 1 rings (SSSR count). The van der Waals surface area contributed by atoms with Crippen LogP contribution in [0.4, 0.5) is 0 Å². The number of ether oxygens (including phenoxy) is 1. The van der Waals surface area contributed by atoms with E-state index in [2.05, 4.69) is 4.74 Å². The predicted molar refractivity (Wildman–Crippen MR) is 40.6 cm³/mol. The van der Waals surface area contributed by atoms with Gasteiger partial charge in [0.1, 0.15) is 6.10 Å². The number of rotatable bonds is 3. The van der Waals surface area contributed by atoms with Crippen LogP contribution >= 0.6 is 11.6 Å². The Morgan fingerprint density at radius 3 is 2.09 bits per heavy atom. The van der Waals surface area contributed by atoms with Crippen LogP contribution in [0.3, 0.4) is 0 Å². The Labute approximate surface area is 70.4 Å². The van der Waals surface area contributed by atoms with Crippen molar-refractivity contribution in [2.75, 3.05) is 25.7 Å². The first-order valence-electron chi connectivity index (χ1n) is 3.32. The minimum atomic E-state index is -0.744. The first kappa shape index (κ1) is 11.1. The first-order valence-corrected chi connectivity index (χ1v) is 3.85. The number of halogens is 1. The van der Waals surface area contributed by atoms with E-state index in [4.69, 9.17) is 26.9 Å². The molecule has 3 N–H and O–H groups in total. The predicted octanol–water partition coefficient (Wildman–Crippen LogP) is -1.04. The van der Waals surface area contributed by atoms with Crippen LogP contribution in [0, 0.1) is 0 Å². The Bertz CT molecular complexity index is 82.7. The van der Waals surface area contributed by atoms with Crippen LogP contribution in [0.5, 0.6) is 0 Å². The summed E-state index contributed by atoms with van der Waals surface area (Å²) >= 11 is 5.04. The van der Waals surface area contributed by atoms with Crippen molar-refractivity contribution in [3.63, 3.8) is 0 Å². The summed E-state index contributed by atoms with van der Waals surface area (Å²) in [5.41, 5.74) is 0. The molecule has 1 heterocycles. The van der Waals surface area contributed by atoms with Gasteiger partial charge in [-0.25, -0.2) is 0 Å². The third-order valence-corrected chi connectivity index (χ3v) is 1.35. The molecule has 1 saturated heterocycles. The molecule has 1 fully saturated rings. The second kappa shape index (κ2) is 6.82. The van der Waals surface area contributed by atoms with E-state index in [-0.39, 0.29) is 25.2 Å². The molecule has 68 valence electrons. The van der Waals surface area contributed by atoms with Gasteiger partial charge in [-0.3, -0.25) is 0 Å². The lowest BCUT2D eigenvalue weighted by Gasteiger charge is -1.95. The van der Waals surface area contributed by atoms with E-state index in [1.165, 1.54) is 0 Å². The number of aliphatic hydroxyl groups excluding tert-OH is 3. The minimum absolute atomic E-state index is 0.108. The van der Waals surface area contributed by atoms with Gasteiger partial charge in [-0.15, -0.1) is 11.6 Å². The molecule has 1 aliphatic rings. The average molecular weight is 185 g/mol. The third-order valence-electron chi connectivity index (χ3n) is 0.995. The highest BCUT2D eigenvalue weighted by molar-refractivity contribution is 6.18. The fourth-order valence-corrected chi connectivity index (χ4v) is 0.320. The van der Waals surface area contributed by atoms with Crippen molar-refractivity contribution in [3.05, 3.63) is 0 Å². The van der Waals surface area contributed by atoms with Gasteiger partial charge in [0.15, 0.2) is 0 Å². The summed E-state index contributed by atoms with van der Waals surface area (Å²) < 4.78 is 4.61. The maximum Gasteiger partial charge on any atom is 0.104 e. The molecule has 0 aromatic rings. The van der Waals surface area contributed by atoms with Gasteiger partial charge in [-0.05, 0) is 0 Å². The minimum Gasteiger partial charge on any atom is -0.394 e. The number of alkyl halides is 1. The SMILES string of the molecule is OCC(O)CCl.OCC1CO1. The summed E-state index contributed by atoms with van der Waals surface area (Å²) in [6, 6.07) is 0. The zero-order valence-electron chi connectivity index (χ0n) is 6.11. The van der Waals surface area contributed by atoms with Crippen molar-refractivity contribution in [3.8, 4) is 0 Å². The van der Waals surface area contributed by atoms with Gasteiger partial charge in [0.25, 0.3) is 0 Å². The lowest BCUT2D eigenvalue weighted by atomic mass is 10.5. The van der Waals surface area contributed by atoms with Gasteiger partial charge in [0.05, 0.1) is 31.8 Å². The van der Waals surface area contributed by atoms with Crippen LogP contribution in [0.25, 0.3) is 0 Å². The normalized spacial score (nSPS) is 23.5. The number of aliphatic hydroxyl groups is 3. The summed E-state index contributed by atoms with van der Waals surface area (Å²) in [7, 11) is 0. The highest BCUT2D eigenvalue weighted by Crippen LogP contribution is 2.04. The zero-order valence-corrected chi connectivity index (χ0v) is 6.87. The Kier molecular flexibility index (Phi) is 6.90. The van der Waals surface area contributed by atoms with Crippen molar-refractivity contribution >= 4 is 11.6 Å². The second-order valence-electron chi connectivity index (χ2n) is 2.13. The van der Waals surface area contributed by atoms with E-state index < -0.39 is 6.10 Å². The van der Waals surface area contributed by atoms with Crippen LogP contribution in [-0.2, 0) is 4.74 Å². The molecule has 0 aliphatic carbocycles. The second-order valence-corrected chi connectivity index (χ2v) is 2.44. The summed E-state index contributed by atoms with van der Waals surface area (Å²) in [4.78, 5) is 0. The molecule has 0 aromatic carbocycles. The topological polar surface area (TPSA) is 73.2 Å². The third kappa shape index (κ3) is 8.03. The lowest BCUT2D eigenvalue weighted by Crippen LogP contribution is -2.12. The molecular weight excluding hydrogens is 172 g/mol. The molecule has 0 spiro atoms. The van der Waals surface area contributed by atoms with E-state index in [0.29, 0.717) is 0 Å². The maximum atomic E-state index is 8.28. The zero-order chi connectivity index (χ0) is 8.69. The molecule has 1 aliphatic heterocycles.